The Balaban J connectivity index is 1.31. The normalized spacial score (nSPS) is 24.6. The number of esters is 3. The summed E-state index contributed by atoms with van der Waals surface area (Å²) in [5.74, 6) is -1.15. The number of anilines is 1. The number of ether oxygens (including phenoxy) is 4. The minimum absolute atomic E-state index is 0.0231. The average molecular weight is 570 g/mol. The summed E-state index contributed by atoms with van der Waals surface area (Å²) >= 11 is 6.40. The first kappa shape index (κ1) is 26.5. The van der Waals surface area contributed by atoms with Crippen LogP contribution in [0.25, 0.3) is 11.2 Å². The number of halogens is 1. The van der Waals surface area contributed by atoms with Crippen molar-refractivity contribution < 1.29 is 33.3 Å². The monoisotopic (exact) mass is 569 g/mol. The second-order valence-electron chi connectivity index (χ2n) is 10.6. The van der Waals surface area contributed by atoms with Crippen molar-refractivity contribution >= 4 is 46.5 Å². The van der Waals surface area contributed by atoms with E-state index in [2.05, 4.69) is 44.1 Å². The quantitative estimate of drug-likeness (QED) is 0.246. The lowest BCUT2D eigenvalue weighted by atomic mass is 9.77. The van der Waals surface area contributed by atoms with Crippen molar-refractivity contribution in [2.24, 2.45) is 5.41 Å². The van der Waals surface area contributed by atoms with Crippen LogP contribution in [0.4, 0.5) is 5.82 Å². The zero-order valence-corrected chi connectivity index (χ0v) is 23.0. The maximum atomic E-state index is 12.0. The fourth-order valence-corrected chi connectivity index (χ4v) is 6.27. The number of carbonyl (C=O) groups excluding carboxylic acids is 3. The molecule has 3 aromatic rings. The van der Waals surface area contributed by atoms with Gasteiger partial charge in [-0.1, -0.05) is 24.3 Å². The Labute approximate surface area is 234 Å². The van der Waals surface area contributed by atoms with Gasteiger partial charge < -0.3 is 23.8 Å². The lowest BCUT2D eigenvalue weighted by molar-refractivity contribution is -0.166. The number of imidazole rings is 1. The summed E-state index contributed by atoms with van der Waals surface area (Å²) in [6, 6.07) is 8.53. The van der Waals surface area contributed by atoms with Crippen molar-refractivity contribution in [2.45, 2.75) is 58.2 Å². The largest absolute Gasteiger partial charge is 0.463 e. The van der Waals surface area contributed by atoms with Gasteiger partial charge in [0.1, 0.15) is 12.7 Å². The smallest absolute Gasteiger partial charge is 0.303 e. The zero-order valence-electron chi connectivity index (χ0n) is 22.2. The van der Waals surface area contributed by atoms with Gasteiger partial charge in [0.05, 0.1) is 6.33 Å². The molecule has 2 fully saturated rings. The van der Waals surface area contributed by atoms with Gasteiger partial charge in [-0.25, -0.2) is 4.98 Å². The fraction of sp³-hybridized carbons (Fsp3) is 0.481. The van der Waals surface area contributed by atoms with E-state index in [1.54, 1.807) is 4.57 Å². The van der Waals surface area contributed by atoms with E-state index in [1.807, 2.05) is 0 Å². The molecule has 3 aliphatic rings. The molecule has 0 saturated carbocycles. The first-order chi connectivity index (χ1) is 19.1. The van der Waals surface area contributed by atoms with Gasteiger partial charge in [0, 0.05) is 39.3 Å². The summed E-state index contributed by atoms with van der Waals surface area (Å²) in [6.07, 6.45) is -0.491. The number of fused-ring (bicyclic) bond motifs is 2. The maximum Gasteiger partial charge on any atom is 0.303 e. The van der Waals surface area contributed by atoms with E-state index in [9.17, 15) is 14.4 Å². The highest BCUT2D eigenvalue weighted by Crippen LogP contribution is 2.46. The van der Waals surface area contributed by atoms with Crippen LogP contribution in [0.2, 0.25) is 5.28 Å². The van der Waals surface area contributed by atoms with E-state index in [-0.39, 0.29) is 17.3 Å². The Kier molecular flexibility index (Phi) is 6.62. The van der Waals surface area contributed by atoms with Crippen LogP contribution < -0.4 is 4.90 Å². The molecule has 4 heterocycles. The molecule has 4 atom stereocenters. The molecule has 13 heteroatoms. The molecule has 12 nitrogen and oxygen atoms in total. The first-order valence-electron chi connectivity index (χ1n) is 13.0. The van der Waals surface area contributed by atoms with Gasteiger partial charge in [0.15, 0.2) is 35.4 Å². The molecule has 1 aromatic carbocycles. The molecule has 2 saturated heterocycles. The van der Waals surface area contributed by atoms with E-state index >= 15 is 0 Å². The summed E-state index contributed by atoms with van der Waals surface area (Å²) in [6.45, 7) is 5.11. The summed E-state index contributed by atoms with van der Waals surface area (Å²) in [7, 11) is 0. The van der Waals surface area contributed by atoms with Crippen LogP contribution in [-0.2, 0) is 46.2 Å². The molecule has 1 unspecified atom stereocenters. The highest BCUT2D eigenvalue weighted by atomic mass is 35.5. The van der Waals surface area contributed by atoms with Gasteiger partial charge in [-0.3, -0.25) is 19.0 Å². The van der Waals surface area contributed by atoms with Gasteiger partial charge in [-0.2, -0.15) is 9.97 Å². The first-order valence-corrected chi connectivity index (χ1v) is 13.4. The van der Waals surface area contributed by atoms with Crippen LogP contribution in [0.1, 0.15) is 38.1 Å². The fourth-order valence-electron chi connectivity index (χ4n) is 6.11. The van der Waals surface area contributed by atoms with Crippen LogP contribution in [0.3, 0.4) is 0 Å². The molecular weight excluding hydrogens is 542 g/mol. The minimum Gasteiger partial charge on any atom is -0.463 e. The third-order valence-electron chi connectivity index (χ3n) is 7.59. The average Bonchev–Trinajstić information content (AvgIpc) is 3.55. The Morgan fingerprint density at radius 2 is 1.65 bits per heavy atom. The molecule has 1 aliphatic carbocycles. The van der Waals surface area contributed by atoms with Crippen LogP contribution in [0.5, 0.6) is 0 Å². The highest BCUT2D eigenvalue weighted by Gasteiger charge is 2.52. The van der Waals surface area contributed by atoms with Crippen LogP contribution in [0.15, 0.2) is 30.6 Å². The van der Waals surface area contributed by atoms with Gasteiger partial charge in [-0.05, 0) is 35.6 Å². The number of aromatic nitrogens is 4. The number of benzene rings is 1. The lowest BCUT2D eigenvalue weighted by Crippen LogP contribution is -2.57. The van der Waals surface area contributed by atoms with Gasteiger partial charge in [-0.15, -0.1) is 0 Å². The van der Waals surface area contributed by atoms with Crippen LogP contribution in [0, 0.1) is 5.41 Å². The maximum absolute atomic E-state index is 12.0. The van der Waals surface area contributed by atoms with Crippen molar-refractivity contribution in [2.75, 3.05) is 24.6 Å². The number of rotatable bonds is 6. The molecule has 2 aromatic heterocycles. The summed E-state index contributed by atoms with van der Waals surface area (Å²) in [5, 5.41) is 0.0231. The third-order valence-corrected chi connectivity index (χ3v) is 7.76. The van der Waals surface area contributed by atoms with E-state index in [4.69, 9.17) is 30.5 Å². The molecule has 6 rings (SSSR count). The third kappa shape index (κ3) is 4.75. The van der Waals surface area contributed by atoms with E-state index in [1.165, 1.54) is 38.2 Å². The lowest BCUT2D eigenvalue weighted by Gasteiger charge is -2.49. The summed E-state index contributed by atoms with van der Waals surface area (Å²) < 4.78 is 23.9. The van der Waals surface area contributed by atoms with Gasteiger partial charge in [0.2, 0.25) is 5.28 Å². The van der Waals surface area contributed by atoms with Gasteiger partial charge >= 0.3 is 17.9 Å². The minimum atomic E-state index is -1.07. The zero-order chi connectivity index (χ0) is 28.2. The molecule has 40 heavy (non-hydrogen) atoms. The predicted molar refractivity (Wildman–Crippen MR) is 140 cm³/mol. The number of nitrogens with zero attached hydrogens (tertiary/aromatic N) is 5. The highest BCUT2D eigenvalue weighted by molar-refractivity contribution is 6.28. The molecule has 2 aliphatic heterocycles. The van der Waals surface area contributed by atoms with Crippen LogP contribution >= 0.6 is 11.6 Å². The van der Waals surface area contributed by atoms with Gasteiger partial charge in [0.25, 0.3) is 0 Å². The van der Waals surface area contributed by atoms with Crippen molar-refractivity contribution in [1.29, 1.82) is 0 Å². The molecule has 210 valence electrons. The standard InChI is InChI=1S/C27H28ClN5O7/c1-14(34)37-10-19-21(38-15(2)35)22(39-16(3)36)25(40-19)33-13-29-20-23(30-26(28)31-24(20)33)32-11-27(12-32)8-17-6-4-5-7-18(17)9-27/h4-7,13,19,21-22,25H,8-12H2,1-3H3/t19-,21+,22?,25-/m1/s1. The summed E-state index contributed by atoms with van der Waals surface area (Å²) in [4.78, 5) is 51.1. The molecular formula is C27H28ClN5O7. The van der Waals surface area contributed by atoms with E-state index in [0.717, 1.165) is 25.9 Å². The predicted octanol–water partition coefficient (Wildman–Crippen LogP) is 2.41. The second kappa shape index (κ2) is 10.0. The Hall–Kier alpha value is -3.77. The second-order valence-corrected chi connectivity index (χ2v) is 11.0. The Morgan fingerprint density at radius 1 is 1.00 bits per heavy atom. The summed E-state index contributed by atoms with van der Waals surface area (Å²) in [5.41, 5.74) is 3.79. The Bertz CT molecular complexity index is 1480. The van der Waals surface area contributed by atoms with Crippen LogP contribution in [-0.4, -0.2) is 75.4 Å². The van der Waals surface area contributed by atoms with Crippen molar-refractivity contribution in [3.05, 3.63) is 47.0 Å². The number of hydrogen-bond donors (Lipinski definition) is 0. The van der Waals surface area contributed by atoms with E-state index in [0.29, 0.717) is 17.0 Å². The Morgan fingerprint density at radius 3 is 2.27 bits per heavy atom. The van der Waals surface area contributed by atoms with Crippen molar-refractivity contribution in [1.82, 2.24) is 19.5 Å². The number of carbonyl (C=O) groups is 3. The molecule has 1 spiro atoms. The van der Waals surface area contributed by atoms with Crippen molar-refractivity contribution in [3.63, 3.8) is 0 Å². The SMILES string of the molecule is CC(=O)OC[C@H]1O[C@@H](n2cnc3c(N4CC5(Cc6ccccc6C5)C4)nc(Cl)nc32)C(OC(C)=O)[C@H]1OC(C)=O. The van der Waals surface area contributed by atoms with E-state index < -0.39 is 42.4 Å². The topological polar surface area (TPSA) is 135 Å². The number of hydrogen-bond acceptors (Lipinski definition) is 11. The molecule has 0 N–H and O–H groups in total. The molecule has 0 radical (unpaired) electrons. The molecule has 0 amide bonds. The molecule has 0 bridgehead atoms. The van der Waals surface area contributed by atoms with Crippen molar-refractivity contribution in [3.8, 4) is 0 Å².